The van der Waals surface area contributed by atoms with Gasteiger partial charge in [-0.1, -0.05) is 19.1 Å². The molecule has 7 nitrogen and oxygen atoms in total. The number of ketones is 1. The topological polar surface area (TPSA) is 85.8 Å². The zero-order chi connectivity index (χ0) is 21.3. The minimum atomic E-state index is -0.903. The van der Waals surface area contributed by atoms with Gasteiger partial charge in [0.05, 0.1) is 23.1 Å². The van der Waals surface area contributed by atoms with Gasteiger partial charge in [-0.15, -0.1) is 0 Å². The molecule has 154 valence electrons. The molecule has 0 fully saturated rings. The van der Waals surface area contributed by atoms with E-state index in [1.807, 2.05) is 38.1 Å². The van der Waals surface area contributed by atoms with Gasteiger partial charge < -0.3 is 9.84 Å². The molecule has 0 saturated carbocycles. The number of aromatic nitrogens is 3. The van der Waals surface area contributed by atoms with Gasteiger partial charge in [0.15, 0.2) is 5.78 Å². The van der Waals surface area contributed by atoms with Crippen LogP contribution in [0.2, 0.25) is 0 Å². The lowest BCUT2D eigenvalue weighted by molar-refractivity contribution is 0.0924. The van der Waals surface area contributed by atoms with Crippen LogP contribution < -0.4 is 10.3 Å². The van der Waals surface area contributed by atoms with Gasteiger partial charge in [-0.05, 0) is 43.3 Å². The zero-order valence-electron chi connectivity index (χ0n) is 16.9. The third kappa shape index (κ3) is 3.71. The molecule has 1 N–H and O–H groups in total. The predicted molar refractivity (Wildman–Crippen MR) is 114 cm³/mol. The highest BCUT2D eigenvalue weighted by molar-refractivity contribution is 5.95. The normalized spacial score (nSPS) is 12.4. The van der Waals surface area contributed by atoms with E-state index >= 15 is 0 Å². The highest BCUT2D eigenvalue weighted by Gasteiger charge is 2.16. The van der Waals surface area contributed by atoms with Crippen LogP contribution >= 0.6 is 0 Å². The van der Waals surface area contributed by atoms with E-state index in [1.54, 1.807) is 34.8 Å². The van der Waals surface area contributed by atoms with Gasteiger partial charge in [0.1, 0.15) is 24.1 Å². The molecule has 0 aliphatic carbocycles. The van der Waals surface area contributed by atoms with Crippen LogP contribution in [-0.4, -0.2) is 37.8 Å². The Morgan fingerprint density at radius 2 is 1.90 bits per heavy atom. The first-order chi connectivity index (χ1) is 14.5. The van der Waals surface area contributed by atoms with Gasteiger partial charge in [0.2, 0.25) is 0 Å². The van der Waals surface area contributed by atoms with Crippen molar-refractivity contribution in [3.63, 3.8) is 0 Å². The second-order valence-electron chi connectivity index (χ2n) is 7.25. The maximum atomic E-state index is 13.0. The highest BCUT2D eigenvalue weighted by atomic mass is 16.5. The number of para-hydroxylation sites is 1. The summed E-state index contributed by atoms with van der Waals surface area (Å²) in [5.74, 6) is 0.621. The third-order valence-electron chi connectivity index (χ3n) is 5.03. The molecule has 2 aromatic heterocycles. The van der Waals surface area contributed by atoms with E-state index in [9.17, 15) is 14.7 Å². The summed E-state index contributed by atoms with van der Waals surface area (Å²) < 4.78 is 8.91. The van der Waals surface area contributed by atoms with E-state index in [4.69, 9.17) is 4.74 Å². The second kappa shape index (κ2) is 8.12. The average molecular weight is 405 g/mol. The van der Waals surface area contributed by atoms with E-state index < -0.39 is 6.10 Å². The quantitative estimate of drug-likeness (QED) is 0.478. The SMILES string of the molecule is CCC(=O)c1ccc(OCC(O)Cn2c(=O)c3ccccc3n3nc(C)cc23)cc1. The molecule has 0 radical (unpaired) electrons. The second-order valence-corrected chi connectivity index (χ2v) is 7.25. The Labute approximate surface area is 173 Å². The molecule has 0 bridgehead atoms. The van der Waals surface area contributed by atoms with Gasteiger partial charge in [-0.3, -0.25) is 14.2 Å². The van der Waals surface area contributed by atoms with E-state index in [0.717, 1.165) is 11.2 Å². The molecular weight excluding hydrogens is 382 g/mol. The number of carbonyl (C=O) groups excluding carboxylic acids is 1. The lowest BCUT2D eigenvalue weighted by Gasteiger charge is -2.16. The van der Waals surface area contributed by atoms with Crippen LogP contribution in [0.1, 0.15) is 29.4 Å². The van der Waals surface area contributed by atoms with Crippen LogP contribution in [0.25, 0.3) is 16.6 Å². The fourth-order valence-electron chi connectivity index (χ4n) is 3.52. The molecule has 2 heterocycles. The van der Waals surface area contributed by atoms with Crippen molar-refractivity contribution in [2.45, 2.75) is 32.9 Å². The predicted octanol–water partition coefficient (Wildman–Crippen LogP) is 2.99. The van der Waals surface area contributed by atoms with Crippen LogP contribution in [0, 0.1) is 6.92 Å². The molecule has 0 amide bonds. The van der Waals surface area contributed by atoms with E-state index in [0.29, 0.717) is 28.8 Å². The van der Waals surface area contributed by atoms with Crippen LogP contribution in [-0.2, 0) is 6.54 Å². The minimum Gasteiger partial charge on any atom is -0.491 e. The molecule has 0 aliphatic heterocycles. The lowest BCUT2D eigenvalue weighted by Crippen LogP contribution is -2.31. The van der Waals surface area contributed by atoms with Gasteiger partial charge in [0, 0.05) is 18.1 Å². The maximum Gasteiger partial charge on any atom is 0.261 e. The lowest BCUT2D eigenvalue weighted by atomic mass is 10.1. The van der Waals surface area contributed by atoms with Gasteiger partial charge >= 0.3 is 0 Å². The third-order valence-corrected chi connectivity index (χ3v) is 5.03. The molecule has 2 aromatic carbocycles. The van der Waals surface area contributed by atoms with E-state index in [-0.39, 0.29) is 24.5 Å². The number of nitrogens with zero attached hydrogens (tertiary/aromatic N) is 3. The summed E-state index contributed by atoms with van der Waals surface area (Å²) >= 11 is 0. The Balaban J connectivity index is 1.55. The van der Waals surface area contributed by atoms with Crippen LogP contribution in [0.15, 0.2) is 59.4 Å². The number of rotatable bonds is 7. The van der Waals surface area contributed by atoms with Crippen LogP contribution in [0.5, 0.6) is 5.75 Å². The number of carbonyl (C=O) groups is 1. The molecule has 1 atom stereocenters. The average Bonchev–Trinajstić information content (AvgIpc) is 3.16. The molecule has 1 unspecified atom stereocenters. The number of aliphatic hydroxyl groups is 1. The van der Waals surface area contributed by atoms with Crippen LogP contribution in [0.4, 0.5) is 0 Å². The fraction of sp³-hybridized carbons (Fsp3) is 0.261. The van der Waals surface area contributed by atoms with E-state index in [2.05, 4.69) is 5.10 Å². The van der Waals surface area contributed by atoms with Crippen molar-refractivity contribution >= 4 is 22.3 Å². The number of Topliss-reactive ketones (excluding diaryl/α,β-unsaturated/α-hetero) is 1. The van der Waals surface area contributed by atoms with Crippen molar-refractivity contribution < 1.29 is 14.6 Å². The summed E-state index contributed by atoms with van der Waals surface area (Å²) in [6.45, 7) is 3.77. The first-order valence-corrected chi connectivity index (χ1v) is 9.90. The molecular formula is C23H23N3O4. The van der Waals surface area contributed by atoms with Crippen molar-refractivity contribution in [3.8, 4) is 5.75 Å². The highest BCUT2D eigenvalue weighted by Crippen LogP contribution is 2.16. The number of benzene rings is 2. The summed E-state index contributed by atoms with van der Waals surface area (Å²) in [5.41, 5.74) is 2.59. The standard InChI is InChI=1S/C23H23N3O4/c1-3-21(28)16-8-10-18(11-9-16)30-14-17(27)13-25-22-12-15(2)24-26(22)20-7-5-4-6-19(20)23(25)29/h4-12,17,27H,3,13-14H2,1-2H3. The van der Waals surface area contributed by atoms with Crippen molar-refractivity contribution in [2.24, 2.45) is 0 Å². The number of ether oxygens (including phenoxy) is 1. The fourth-order valence-corrected chi connectivity index (χ4v) is 3.52. The Bertz CT molecular complexity index is 1270. The summed E-state index contributed by atoms with van der Waals surface area (Å²) in [6.07, 6.45) is -0.457. The smallest absolute Gasteiger partial charge is 0.261 e. The minimum absolute atomic E-state index is 0.0135. The first kappa shape index (κ1) is 19.8. The summed E-state index contributed by atoms with van der Waals surface area (Å²) in [5, 5.41) is 15.6. The number of fused-ring (bicyclic) bond motifs is 3. The number of hydrogen-bond acceptors (Lipinski definition) is 5. The zero-order valence-corrected chi connectivity index (χ0v) is 16.9. The van der Waals surface area contributed by atoms with E-state index in [1.165, 1.54) is 4.57 Å². The number of aliphatic hydroxyl groups excluding tert-OH is 1. The van der Waals surface area contributed by atoms with Gasteiger partial charge in [-0.25, -0.2) is 4.52 Å². The number of hydrogen-bond donors (Lipinski definition) is 1. The maximum absolute atomic E-state index is 13.0. The van der Waals surface area contributed by atoms with Crippen LogP contribution in [0.3, 0.4) is 0 Å². The van der Waals surface area contributed by atoms with Gasteiger partial charge in [-0.2, -0.15) is 5.10 Å². The van der Waals surface area contributed by atoms with Gasteiger partial charge in [0.25, 0.3) is 5.56 Å². The summed E-state index contributed by atoms with van der Waals surface area (Å²) in [6, 6.07) is 15.9. The molecule has 0 aliphatic rings. The van der Waals surface area contributed by atoms with Crippen molar-refractivity contribution in [3.05, 3.63) is 76.2 Å². The molecule has 4 rings (SSSR count). The Morgan fingerprint density at radius 3 is 2.63 bits per heavy atom. The largest absolute Gasteiger partial charge is 0.491 e. The first-order valence-electron chi connectivity index (χ1n) is 9.90. The molecule has 0 saturated heterocycles. The molecule has 0 spiro atoms. The van der Waals surface area contributed by atoms with Crippen molar-refractivity contribution in [1.82, 2.24) is 14.2 Å². The monoisotopic (exact) mass is 405 g/mol. The number of aryl methyl sites for hydroxylation is 1. The van der Waals surface area contributed by atoms with Crippen molar-refractivity contribution in [1.29, 1.82) is 0 Å². The molecule has 7 heteroatoms. The summed E-state index contributed by atoms with van der Waals surface area (Å²) in [7, 11) is 0. The Morgan fingerprint density at radius 1 is 1.17 bits per heavy atom. The Kier molecular flexibility index (Phi) is 5.37. The Hall–Kier alpha value is -3.45. The molecule has 4 aromatic rings. The summed E-state index contributed by atoms with van der Waals surface area (Å²) in [4.78, 5) is 24.7. The van der Waals surface area contributed by atoms with Crippen molar-refractivity contribution in [2.75, 3.05) is 6.61 Å². The molecule has 30 heavy (non-hydrogen) atoms.